The first-order chi connectivity index (χ1) is 8.13. The van der Waals surface area contributed by atoms with Crippen molar-refractivity contribution in [1.82, 2.24) is 15.1 Å². The Balaban J connectivity index is 2.46. The summed E-state index contributed by atoms with van der Waals surface area (Å²) in [6.07, 6.45) is 0. The van der Waals surface area contributed by atoms with E-state index in [0.717, 1.165) is 28.0 Å². The fourth-order valence-corrected chi connectivity index (χ4v) is 2.49. The molecule has 0 fully saturated rings. The highest BCUT2D eigenvalue weighted by Crippen LogP contribution is 2.30. The van der Waals surface area contributed by atoms with Crippen LogP contribution in [0, 0.1) is 6.92 Å². The first-order valence-corrected chi connectivity index (χ1v) is 6.35. The van der Waals surface area contributed by atoms with Crippen molar-refractivity contribution in [2.75, 3.05) is 7.05 Å². The van der Waals surface area contributed by atoms with Gasteiger partial charge < -0.3 is 5.32 Å². The maximum Gasteiger partial charge on any atom is 0.107 e. The molecular weight excluding hydrogens is 278 g/mol. The molecule has 90 valence electrons. The molecule has 3 nitrogen and oxygen atoms in total. The summed E-state index contributed by atoms with van der Waals surface area (Å²) in [5.41, 5.74) is 4.55. The van der Waals surface area contributed by atoms with E-state index in [0.29, 0.717) is 0 Å². The Morgan fingerprint density at radius 3 is 2.53 bits per heavy atom. The van der Waals surface area contributed by atoms with E-state index in [1.165, 1.54) is 5.56 Å². The lowest BCUT2D eigenvalue weighted by Crippen LogP contribution is -2.10. The molecule has 1 heterocycles. The molecule has 0 bridgehead atoms. The van der Waals surface area contributed by atoms with Gasteiger partial charge in [-0.25, -0.2) is 0 Å². The standard InChI is InChI=1S/C13H16BrN3/c1-9-4-6-10(7-5-9)13-12(14)11(8-15-2)17(3)16-13/h4-7,15H,8H2,1-3H3. The number of aromatic nitrogens is 2. The van der Waals surface area contributed by atoms with Gasteiger partial charge in [-0.3, -0.25) is 4.68 Å². The number of aryl methyl sites for hydroxylation is 2. The summed E-state index contributed by atoms with van der Waals surface area (Å²) in [4.78, 5) is 0. The van der Waals surface area contributed by atoms with Crippen LogP contribution in [0.1, 0.15) is 11.3 Å². The number of nitrogens with one attached hydrogen (secondary N) is 1. The lowest BCUT2D eigenvalue weighted by Gasteiger charge is -2.00. The number of hydrogen-bond acceptors (Lipinski definition) is 2. The minimum Gasteiger partial charge on any atom is -0.314 e. The number of benzene rings is 1. The van der Waals surface area contributed by atoms with Gasteiger partial charge in [0.25, 0.3) is 0 Å². The van der Waals surface area contributed by atoms with E-state index in [1.54, 1.807) is 0 Å². The summed E-state index contributed by atoms with van der Waals surface area (Å²) in [5.74, 6) is 0. The first-order valence-electron chi connectivity index (χ1n) is 5.56. The second kappa shape index (κ2) is 5.02. The monoisotopic (exact) mass is 293 g/mol. The van der Waals surface area contributed by atoms with Gasteiger partial charge in [-0.15, -0.1) is 0 Å². The van der Waals surface area contributed by atoms with Crippen LogP contribution in [-0.2, 0) is 13.6 Å². The van der Waals surface area contributed by atoms with Crippen molar-refractivity contribution < 1.29 is 0 Å². The molecule has 1 aromatic heterocycles. The Kier molecular flexibility index (Phi) is 3.64. The zero-order chi connectivity index (χ0) is 12.4. The van der Waals surface area contributed by atoms with Crippen LogP contribution >= 0.6 is 15.9 Å². The van der Waals surface area contributed by atoms with E-state index in [9.17, 15) is 0 Å². The molecule has 0 radical (unpaired) electrons. The van der Waals surface area contributed by atoms with Crippen LogP contribution in [-0.4, -0.2) is 16.8 Å². The fraction of sp³-hybridized carbons (Fsp3) is 0.308. The number of hydrogen-bond donors (Lipinski definition) is 1. The molecule has 1 N–H and O–H groups in total. The Hall–Kier alpha value is -1.13. The van der Waals surface area contributed by atoms with E-state index in [4.69, 9.17) is 0 Å². The average molecular weight is 294 g/mol. The highest BCUT2D eigenvalue weighted by Gasteiger charge is 2.14. The van der Waals surface area contributed by atoms with Crippen LogP contribution in [0.2, 0.25) is 0 Å². The molecule has 2 rings (SSSR count). The van der Waals surface area contributed by atoms with Crippen molar-refractivity contribution in [3.05, 3.63) is 40.0 Å². The second-order valence-electron chi connectivity index (χ2n) is 4.13. The highest BCUT2D eigenvalue weighted by molar-refractivity contribution is 9.10. The first kappa shape index (κ1) is 12.3. The van der Waals surface area contributed by atoms with E-state index in [-0.39, 0.29) is 0 Å². The zero-order valence-electron chi connectivity index (χ0n) is 10.3. The summed E-state index contributed by atoms with van der Waals surface area (Å²) in [7, 11) is 3.90. The third-order valence-electron chi connectivity index (χ3n) is 2.77. The molecule has 0 spiro atoms. The molecule has 0 unspecified atom stereocenters. The molecule has 1 aromatic carbocycles. The van der Waals surface area contributed by atoms with Gasteiger partial charge in [0.15, 0.2) is 0 Å². The molecule has 0 atom stereocenters. The van der Waals surface area contributed by atoms with Crippen molar-refractivity contribution in [2.45, 2.75) is 13.5 Å². The van der Waals surface area contributed by atoms with E-state index >= 15 is 0 Å². The van der Waals surface area contributed by atoms with Crippen LogP contribution in [0.5, 0.6) is 0 Å². The third-order valence-corrected chi connectivity index (χ3v) is 3.60. The zero-order valence-corrected chi connectivity index (χ0v) is 11.9. The normalized spacial score (nSPS) is 10.8. The van der Waals surface area contributed by atoms with Gasteiger partial charge in [0.1, 0.15) is 5.69 Å². The molecule has 0 aliphatic heterocycles. The maximum absolute atomic E-state index is 4.56. The second-order valence-corrected chi connectivity index (χ2v) is 4.92. The minimum atomic E-state index is 0.802. The summed E-state index contributed by atoms with van der Waals surface area (Å²) in [5, 5.41) is 7.71. The molecule has 2 aromatic rings. The van der Waals surface area contributed by atoms with Gasteiger partial charge in [-0.05, 0) is 29.9 Å². The Morgan fingerprint density at radius 1 is 1.29 bits per heavy atom. The fourth-order valence-electron chi connectivity index (χ4n) is 1.79. The van der Waals surface area contributed by atoms with Crippen LogP contribution in [0.4, 0.5) is 0 Å². The molecule has 0 aliphatic rings. The molecule has 0 amide bonds. The van der Waals surface area contributed by atoms with Gasteiger partial charge in [-0.2, -0.15) is 5.10 Å². The SMILES string of the molecule is CNCc1c(Br)c(-c2ccc(C)cc2)nn1C. The van der Waals surface area contributed by atoms with Crippen molar-refractivity contribution in [2.24, 2.45) is 7.05 Å². The van der Waals surface area contributed by atoms with E-state index in [2.05, 4.69) is 57.5 Å². The molecule has 0 aliphatic carbocycles. The summed E-state index contributed by atoms with van der Waals surface area (Å²) in [6.45, 7) is 2.89. The lowest BCUT2D eigenvalue weighted by molar-refractivity contribution is 0.671. The Labute approximate surface area is 110 Å². The van der Waals surface area contributed by atoms with E-state index in [1.807, 2.05) is 18.8 Å². The smallest absolute Gasteiger partial charge is 0.107 e. The third kappa shape index (κ3) is 2.42. The Morgan fingerprint density at radius 2 is 1.94 bits per heavy atom. The summed E-state index contributed by atoms with van der Waals surface area (Å²) < 4.78 is 2.98. The number of nitrogens with zero attached hydrogens (tertiary/aromatic N) is 2. The largest absolute Gasteiger partial charge is 0.314 e. The van der Waals surface area contributed by atoms with Gasteiger partial charge in [-0.1, -0.05) is 29.8 Å². The lowest BCUT2D eigenvalue weighted by atomic mass is 10.1. The van der Waals surface area contributed by atoms with Gasteiger partial charge in [0, 0.05) is 19.2 Å². The molecular formula is C13H16BrN3. The summed E-state index contributed by atoms with van der Waals surface area (Å²) >= 11 is 3.63. The van der Waals surface area contributed by atoms with E-state index < -0.39 is 0 Å². The van der Waals surface area contributed by atoms with Crippen molar-refractivity contribution in [3.8, 4) is 11.3 Å². The maximum atomic E-state index is 4.56. The minimum absolute atomic E-state index is 0.802. The molecule has 0 saturated carbocycles. The topological polar surface area (TPSA) is 29.9 Å². The predicted molar refractivity (Wildman–Crippen MR) is 73.8 cm³/mol. The van der Waals surface area contributed by atoms with Crippen molar-refractivity contribution in [1.29, 1.82) is 0 Å². The van der Waals surface area contributed by atoms with Gasteiger partial charge in [0.05, 0.1) is 10.2 Å². The van der Waals surface area contributed by atoms with Crippen LogP contribution in [0.25, 0.3) is 11.3 Å². The van der Waals surface area contributed by atoms with Gasteiger partial charge >= 0.3 is 0 Å². The molecule has 17 heavy (non-hydrogen) atoms. The van der Waals surface area contributed by atoms with Crippen LogP contribution in [0.15, 0.2) is 28.7 Å². The van der Waals surface area contributed by atoms with Crippen molar-refractivity contribution in [3.63, 3.8) is 0 Å². The number of halogens is 1. The predicted octanol–water partition coefficient (Wildman–Crippen LogP) is 2.88. The van der Waals surface area contributed by atoms with Gasteiger partial charge in [0.2, 0.25) is 0 Å². The molecule has 4 heteroatoms. The highest BCUT2D eigenvalue weighted by atomic mass is 79.9. The average Bonchev–Trinajstić information content (AvgIpc) is 2.59. The van der Waals surface area contributed by atoms with Crippen LogP contribution < -0.4 is 5.32 Å². The Bertz CT molecular complexity index is 514. The quantitative estimate of drug-likeness (QED) is 0.943. The van der Waals surface area contributed by atoms with Crippen molar-refractivity contribution >= 4 is 15.9 Å². The number of rotatable bonds is 3. The summed E-state index contributed by atoms with van der Waals surface area (Å²) in [6, 6.07) is 8.42. The molecule has 0 saturated heterocycles. The van der Waals surface area contributed by atoms with Crippen LogP contribution in [0.3, 0.4) is 0 Å².